The highest BCUT2D eigenvalue weighted by molar-refractivity contribution is 8.26. The van der Waals surface area contributed by atoms with E-state index in [4.69, 9.17) is 12.2 Å². The van der Waals surface area contributed by atoms with Gasteiger partial charge in [0, 0.05) is 30.5 Å². The van der Waals surface area contributed by atoms with Crippen LogP contribution in [-0.2, 0) is 4.79 Å². The first-order valence-electron chi connectivity index (χ1n) is 10.1. The molecule has 1 aliphatic carbocycles. The van der Waals surface area contributed by atoms with Crippen molar-refractivity contribution in [1.29, 1.82) is 0 Å². The number of amides is 2. The Balaban J connectivity index is 1.29. The van der Waals surface area contributed by atoms with E-state index in [9.17, 15) is 9.59 Å². The van der Waals surface area contributed by atoms with Gasteiger partial charge in [0.2, 0.25) is 0 Å². The van der Waals surface area contributed by atoms with Gasteiger partial charge in [-0.2, -0.15) is 0 Å². The van der Waals surface area contributed by atoms with E-state index in [1.54, 1.807) is 0 Å². The summed E-state index contributed by atoms with van der Waals surface area (Å²) in [6, 6.07) is 7.65. The van der Waals surface area contributed by atoms with Gasteiger partial charge in [-0.25, -0.2) is 0 Å². The van der Waals surface area contributed by atoms with Crippen LogP contribution in [0.1, 0.15) is 35.7 Å². The molecule has 2 amide bonds. The Hall–Kier alpha value is -2.90. The lowest BCUT2D eigenvalue weighted by Crippen LogP contribution is -2.32. The van der Waals surface area contributed by atoms with Crippen LogP contribution in [0.15, 0.2) is 77.0 Å². The third kappa shape index (κ3) is 5.24. The number of thiocarbonyl (C=S) groups is 1. The highest BCUT2D eigenvalue weighted by atomic mass is 32.2. The number of nitrogens with zero attached hydrogens (tertiary/aromatic N) is 1. The molecular weight excluding hydrogens is 426 g/mol. The average molecular weight is 450 g/mol. The van der Waals surface area contributed by atoms with Gasteiger partial charge < -0.3 is 15.5 Å². The first-order valence-corrected chi connectivity index (χ1v) is 11.4. The maximum Gasteiger partial charge on any atom is 0.263 e. The maximum atomic E-state index is 12.5. The molecule has 7 heteroatoms. The summed E-state index contributed by atoms with van der Waals surface area (Å²) in [6.45, 7) is 3.41. The number of carbonyl (C=O) groups is 2. The predicted molar refractivity (Wildman–Crippen MR) is 130 cm³/mol. The van der Waals surface area contributed by atoms with E-state index in [1.807, 2.05) is 36.4 Å². The standard InChI is InChI=1S/C24H23N3O2S2/c1-16-4-2-3-12-27(16)13-11-25-22(28)19-9-7-18(8-10-19)20-6-5-17(14-20)15-21-23(29)26-24(30)31-21/h3-10,12,15H,2,11,13-14H2,1H3,(H,25,28)(H,26,29,30)/b21-15-. The van der Waals surface area contributed by atoms with Crippen molar-refractivity contribution in [3.8, 4) is 0 Å². The van der Waals surface area contributed by atoms with Gasteiger partial charge in [-0.15, -0.1) is 0 Å². The Bertz CT molecular complexity index is 1080. The normalized spacial score (nSPS) is 19.3. The second-order valence-electron chi connectivity index (χ2n) is 7.46. The molecule has 158 valence electrons. The van der Waals surface area contributed by atoms with Gasteiger partial charge in [-0.3, -0.25) is 9.59 Å². The first kappa shape index (κ1) is 21.3. The van der Waals surface area contributed by atoms with Crippen molar-refractivity contribution in [3.63, 3.8) is 0 Å². The molecule has 4 rings (SSSR count). The lowest BCUT2D eigenvalue weighted by Gasteiger charge is -2.23. The van der Waals surface area contributed by atoms with E-state index in [-0.39, 0.29) is 11.8 Å². The summed E-state index contributed by atoms with van der Waals surface area (Å²) in [5, 5.41) is 5.62. The second kappa shape index (κ2) is 9.49. The average Bonchev–Trinajstić information content (AvgIpc) is 3.35. The van der Waals surface area contributed by atoms with Gasteiger partial charge in [-0.1, -0.05) is 60.4 Å². The molecule has 1 fully saturated rings. The molecule has 1 aromatic rings. The summed E-state index contributed by atoms with van der Waals surface area (Å²) in [5.41, 5.74) is 5.15. The van der Waals surface area contributed by atoms with Crippen LogP contribution in [0, 0.1) is 0 Å². The fourth-order valence-electron chi connectivity index (χ4n) is 3.57. The van der Waals surface area contributed by atoms with Crippen molar-refractivity contribution >= 4 is 45.7 Å². The van der Waals surface area contributed by atoms with Gasteiger partial charge >= 0.3 is 0 Å². The van der Waals surface area contributed by atoms with Crippen molar-refractivity contribution in [2.45, 2.75) is 19.8 Å². The summed E-state index contributed by atoms with van der Waals surface area (Å²) in [7, 11) is 0. The van der Waals surface area contributed by atoms with E-state index in [1.165, 1.54) is 17.5 Å². The summed E-state index contributed by atoms with van der Waals surface area (Å²) in [6.07, 6.45) is 14.0. The zero-order valence-corrected chi connectivity index (χ0v) is 18.8. The monoisotopic (exact) mass is 449 g/mol. The van der Waals surface area contributed by atoms with E-state index in [0.717, 1.165) is 36.1 Å². The van der Waals surface area contributed by atoms with Crippen LogP contribution in [0.4, 0.5) is 0 Å². The van der Waals surface area contributed by atoms with E-state index >= 15 is 0 Å². The molecule has 2 N–H and O–H groups in total. The Labute approximate surface area is 191 Å². The second-order valence-corrected chi connectivity index (χ2v) is 9.17. The topological polar surface area (TPSA) is 61.4 Å². The molecule has 31 heavy (non-hydrogen) atoms. The minimum absolute atomic E-state index is 0.0710. The van der Waals surface area contributed by atoms with Crippen molar-refractivity contribution in [2.75, 3.05) is 13.1 Å². The fourth-order valence-corrected chi connectivity index (χ4v) is 4.63. The largest absolute Gasteiger partial charge is 0.351 e. The number of thioether (sulfide) groups is 1. The van der Waals surface area contributed by atoms with Crippen LogP contribution in [0.3, 0.4) is 0 Å². The molecule has 0 spiro atoms. The SMILES string of the molecule is CC1=CCC=CN1CCNC(=O)c1ccc(C2=CC=C(/C=C3\SC(=S)NC3=O)C2)cc1. The molecule has 0 bridgehead atoms. The number of hydrogen-bond donors (Lipinski definition) is 2. The molecule has 0 saturated carbocycles. The molecule has 0 unspecified atom stereocenters. The molecule has 2 heterocycles. The Morgan fingerprint density at radius 3 is 2.81 bits per heavy atom. The minimum atomic E-state index is -0.137. The van der Waals surface area contributed by atoms with Crippen molar-refractivity contribution in [2.24, 2.45) is 0 Å². The molecule has 0 atom stereocenters. The Kier molecular flexibility index (Phi) is 6.53. The van der Waals surface area contributed by atoms with E-state index in [2.05, 4.69) is 46.9 Å². The fraction of sp³-hybridized carbons (Fsp3) is 0.208. The van der Waals surface area contributed by atoms with Gasteiger partial charge in [-0.05, 0) is 54.7 Å². The van der Waals surface area contributed by atoms with Crippen LogP contribution in [0.5, 0.6) is 0 Å². The quantitative estimate of drug-likeness (QED) is 0.501. The number of hydrogen-bond acceptors (Lipinski definition) is 5. The third-order valence-corrected chi connectivity index (χ3v) is 6.46. The van der Waals surface area contributed by atoms with Crippen LogP contribution in [0.2, 0.25) is 0 Å². The number of carbonyl (C=O) groups excluding carboxylic acids is 2. The van der Waals surface area contributed by atoms with Crippen molar-refractivity contribution in [3.05, 3.63) is 88.1 Å². The molecule has 1 aromatic carbocycles. The predicted octanol–water partition coefficient (Wildman–Crippen LogP) is 4.28. The summed E-state index contributed by atoms with van der Waals surface area (Å²) < 4.78 is 0.496. The summed E-state index contributed by atoms with van der Waals surface area (Å²) >= 11 is 6.32. The third-order valence-electron chi connectivity index (χ3n) is 5.30. The van der Waals surface area contributed by atoms with Crippen LogP contribution >= 0.6 is 24.0 Å². The number of allylic oxidation sites excluding steroid dienone is 8. The smallest absolute Gasteiger partial charge is 0.263 e. The molecule has 3 aliphatic rings. The molecule has 0 radical (unpaired) electrons. The van der Waals surface area contributed by atoms with Gasteiger partial charge in [0.15, 0.2) is 0 Å². The zero-order valence-electron chi connectivity index (χ0n) is 17.2. The maximum absolute atomic E-state index is 12.5. The first-order chi connectivity index (χ1) is 15.0. The minimum Gasteiger partial charge on any atom is -0.351 e. The van der Waals surface area contributed by atoms with Crippen LogP contribution in [-0.4, -0.2) is 34.1 Å². The Morgan fingerprint density at radius 2 is 2.10 bits per heavy atom. The van der Waals surface area contributed by atoms with Gasteiger partial charge in [0.05, 0.1) is 4.91 Å². The van der Waals surface area contributed by atoms with Crippen molar-refractivity contribution in [1.82, 2.24) is 15.5 Å². The lowest BCUT2D eigenvalue weighted by atomic mass is 10.0. The molecule has 5 nitrogen and oxygen atoms in total. The molecule has 0 aromatic heterocycles. The van der Waals surface area contributed by atoms with Crippen LogP contribution < -0.4 is 10.6 Å². The molecule has 1 saturated heterocycles. The van der Waals surface area contributed by atoms with Crippen molar-refractivity contribution < 1.29 is 9.59 Å². The molecular formula is C24H23N3O2S2. The lowest BCUT2D eigenvalue weighted by molar-refractivity contribution is -0.115. The van der Waals surface area contributed by atoms with Crippen LogP contribution in [0.25, 0.3) is 5.57 Å². The van der Waals surface area contributed by atoms with E-state index in [0.29, 0.717) is 21.3 Å². The van der Waals surface area contributed by atoms with Gasteiger partial charge in [0.1, 0.15) is 4.32 Å². The summed E-state index contributed by atoms with van der Waals surface area (Å²) in [4.78, 5) is 27.1. The number of rotatable bonds is 6. The number of benzene rings is 1. The Morgan fingerprint density at radius 1 is 1.29 bits per heavy atom. The van der Waals surface area contributed by atoms with E-state index < -0.39 is 0 Å². The highest BCUT2D eigenvalue weighted by Crippen LogP contribution is 2.32. The summed E-state index contributed by atoms with van der Waals surface area (Å²) in [5.74, 6) is -0.208. The highest BCUT2D eigenvalue weighted by Gasteiger charge is 2.23. The zero-order chi connectivity index (χ0) is 21.8. The molecule has 2 aliphatic heterocycles. The number of nitrogens with one attached hydrogen (secondary N) is 2. The van der Waals surface area contributed by atoms with Gasteiger partial charge in [0.25, 0.3) is 11.8 Å².